The van der Waals surface area contributed by atoms with Crippen LogP contribution in [0.15, 0.2) is 48.7 Å². The van der Waals surface area contributed by atoms with E-state index < -0.39 is 0 Å². The Morgan fingerprint density at radius 2 is 2.08 bits per heavy atom. The van der Waals surface area contributed by atoms with Crippen molar-refractivity contribution < 1.29 is 4.79 Å². The Bertz CT molecular complexity index is 872. The number of anilines is 1. The average molecular weight is 353 g/mol. The van der Waals surface area contributed by atoms with Gasteiger partial charge < -0.3 is 9.47 Å². The molecular weight excluding hydrogens is 334 g/mol. The first-order valence-electron chi connectivity index (χ1n) is 8.38. The van der Waals surface area contributed by atoms with Crippen LogP contribution in [0.3, 0.4) is 0 Å². The number of hydrogen-bond donors (Lipinski definition) is 1. The van der Waals surface area contributed by atoms with E-state index in [1.54, 1.807) is 0 Å². The lowest BCUT2D eigenvalue weighted by Gasteiger charge is -2.36. The summed E-state index contributed by atoms with van der Waals surface area (Å²) in [5, 5.41) is 3.44. The number of nitrogens with one attached hydrogen (secondary N) is 1. The molecule has 2 aromatic heterocycles. The number of rotatable bonds is 3. The molecule has 1 unspecified atom stereocenters. The van der Waals surface area contributed by atoms with Crippen molar-refractivity contribution in [3.63, 3.8) is 0 Å². The van der Waals surface area contributed by atoms with Gasteiger partial charge in [-0.1, -0.05) is 37.3 Å². The number of urea groups is 1. The second kappa shape index (κ2) is 6.68. The molecule has 7 heteroatoms. The summed E-state index contributed by atoms with van der Waals surface area (Å²) in [7, 11) is 0. The fraction of sp³-hybridized carbons (Fsp3) is 0.278. The first kappa shape index (κ1) is 15.8. The molecule has 6 nitrogen and oxygen atoms in total. The Morgan fingerprint density at radius 1 is 1.24 bits per heavy atom. The third-order valence-electron chi connectivity index (χ3n) is 4.48. The molecule has 0 bridgehead atoms. The van der Waals surface area contributed by atoms with Crippen LogP contribution in [0.1, 0.15) is 25.1 Å². The Labute approximate surface area is 150 Å². The summed E-state index contributed by atoms with van der Waals surface area (Å²) in [6, 6.07) is 13.9. The van der Waals surface area contributed by atoms with E-state index in [1.165, 1.54) is 17.2 Å². The smallest absolute Gasteiger partial charge is 0.324 e. The molecule has 4 rings (SSSR count). The summed E-state index contributed by atoms with van der Waals surface area (Å²) in [6.45, 7) is 3.61. The molecule has 1 aromatic carbocycles. The van der Waals surface area contributed by atoms with Crippen LogP contribution in [-0.2, 0) is 6.54 Å². The van der Waals surface area contributed by atoms with E-state index in [2.05, 4.69) is 38.4 Å². The average Bonchev–Trinajstić information content (AvgIpc) is 3.30. The highest BCUT2D eigenvalue weighted by Gasteiger charge is 2.30. The minimum atomic E-state index is -0.116. The van der Waals surface area contributed by atoms with E-state index in [4.69, 9.17) is 0 Å². The van der Waals surface area contributed by atoms with E-state index >= 15 is 0 Å². The number of hydrogen-bond acceptors (Lipinski definition) is 4. The molecule has 0 saturated carbocycles. The second-order valence-electron chi connectivity index (χ2n) is 5.96. The van der Waals surface area contributed by atoms with E-state index in [0.717, 1.165) is 18.5 Å². The van der Waals surface area contributed by atoms with Crippen LogP contribution in [0.5, 0.6) is 0 Å². The van der Waals surface area contributed by atoms with Crippen molar-refractivity contribution in [2.24, 2.45) is 0 Å². The second-order valence-corrected chi connectivity index (χ2v) is 6.72. The number of aromatic nitrogens is 3. The maximum Gasteiger partial charge on any atom is 0.324 e. The predicted molar refractivity (Wildman–Crippen MR) is 98.5 cm³/mol. The van der Waals surface area contributed by atoms with Gasteiger partial charge in [-0.2, -0.15) is 9.36 Å². The Balaban J connectivity index is 1.50. The van der Waals surface area contributed by atoms with E-state index in [-0.39, 0.29) is 12.1 Å². The first-order chi connectivity index (χ1) is 12.3. The summed E-state index contributed by atoms with van der Waals surface area (Å²) in [4.78, 5) is 19.1. The minimum Gasteiger partial charge on any atom is -0.348 e. The van der Waals surface area contributed by atoms with Crippen molar-refractivity contribution in [2.75, 3.05) is 11.9 Å². The van der Waals surface area contributed by atoms with Gasteiger partial charge in [0.15, 0.2) is 5.82 Å². The maximum atomic E-state index is 12.8. The summed E-state index contributed by atoms with van der Waals surface area (Å²) in [6.07, 6.45) is 2.95. The molecule has 0 aliphatic carbocycles. The lowest BCUT2D eigenvalue weighted by Crippen LogP contribution is -2.43. The number of carbonyl (C=O) groups excluding carboxylic acids is 1. The third-order valence-corrected chi connectivity index (χ3v) is 5.11. The molecule has 0 spiro atoms. The molecule has 2 amide bonds. The summed E-state index contributed by atoms with van der Waals surface area (Å²) in [5.41, 5.74) is 2.13. The highest BCUT2D eigenvalue weighted by atomic mass is 32.1. The number of amides is 2. The molecule has 3 heterocycles. The molecule has 0 saturated heterocycles. The highest BCUT2D eigenvalue weighted by molar-refractivity contribution is 7.10. The lowest BCUT2D eigenvalue weighted by atomic mass is 10.1. The van der Waals surface area contributed by atoms with Gasteiger partial charge in [0.25, 0.3) is 0 Å². The molecule has 3 aromatic rings. The molecule has 1 aliphatic heterocycles. The van der Waals surface area contributed by atoms with Crippen LogP contribution in [0, 0.1) is 0 Å². The third kappa shape index (κ3) is 3.02. The van der Waals surface area contributed by atoms with Crippen molar-refractivity contribution in [3.05, 3.63) is 54.4 Å². The van der Waals surface area contributed by atoms with Gasteiger partial charge in [-0.3, -0.25) is 5.32 Å². The minimum absolute atomic E-state index is 0.0882. The number of nitrogens with zero attached hydrogens (tertiary/aromatic N) is 4. The zero-order valence-corrected chi connectivity index (χ0v) is 14.7. The Morgan fingerprint density at radius 3 is 2.88 bits per heavy atom. The van der Waals surface area contributed by atoms with Gasteiger partial charge in [0.1, 0.15) is 0 Å². The number of fused-ring (bicyclic) bond motifs is 1. The van der Waals surface area contributed by atoms with Gasteiger partial charge in [-0.05, 0) is 18.6 Å². The summed E-state index contributed by atoms with van der Waals surface area (Å²) >= 11 is 1.21. The molecule has 1 N–H and O–H groups in total. The zero-order valence-electron chi connectivity index (χ0n) is 13.9. The van der Waals surface area contributed by atoms with E-state index in [1.807, 2.05) is 41.3 Å². The Hall–Kier alpha value is -2.67. The molecule has 0 radical (unpaired) electrons. The zero-order chi connectivity index (χ0) is 17.2. The van der Waals surface area contributed by atoms with Gasteiger partial charge >= 0.3 is 6.03 Å². The molecule has 0 fully saturated rings. The number of benzene rings is 1. The van der Waals surface area contributed by atoms with Gasteiger partial charge in [-0.25, -0.2) is 4.79 Å². The van der Waals surface area contributed by atoms with Crippen molar-refractivity contribution in [1.29, 1.82) is 0 Å². The topological polar surface area (TPSA) is 63.1 Å². The molecule has 1 aliphatic rings. The van der Waals surface area contributed by atoms with Crippen molar-refractivity contribution in [1.82, 2.24) is 18.8 Å². The molecule has 25 heavy (non-hydrogen) atoms. The van der Waals surface area contributed by atoms with Crippen molar-refractivity contribution in [2.45, 2.75) is 25.9 Å². The van der Waals surface area contributed by atoms with Crippen LogP contribution in [-0.4, -0.2) is 31.4 Å². The quantitative estimate of drug-likeness (QED) is 0.774. The standard InChI is InChI=1S/C18H19N5OS/c1-2-14-15-9-6-10-22(15)11-12-23(14)18(24)20-17-19-16(21-25-17)13-7-4-3-5-8-13/h3-10,14H,2,11-12H2,1H3,(H,19,20,21,24). The first-order valence-corrected chi connectivity index (χ1v) is 9.15. The van der Waals surface area contributed by atoms with Gasteiger partial charge in [0.05, 0.1) is 6.04 Å². The number of carbonyl (C=O) groups is 1. The lowest BCUT2D eigenvalue weighted by molar-refractivity contribution is 0.166. The molecular formula is C18H19N5OS. The SMILES string of the molecule is CCC1c2cccn2CCN1C(=O)Nc1nc(-c2ccccc2)ns1. The molecule has 1 atom stereocenters. The summed E-state index contributed by atoms with van der Waals surface area (Å²) < 4.78 is 6.56. The Kier molecular flexibility index (Phi) is 4.23. The normalized spacial score (nSPS) is 16.5. The van der Waals surface area contributed by atoms with Crippen LogP contribution in [0.2, 0.25) is 0 Å². The monoisotopic (exact) mass is 353 g/mol. The fourth-order valence-corrected chi connectivity index (χ4v) is 3.86. The predicted octanol–water partition coefficient (Wildman–Crippen LogP) is 4.01. The van der Waals surface area contributed by atoms with E-state index in [9.17, 15) is 4.79 Å². The van der Waals surface area contributed by atoms with E-state index in [0.29, 0.717) is 17.5 Å². The van der Waals surface area contributed by atoms with Gasteiger partial charge in [0, 0.05) is 42.1 Å². The van der Waals surface area contributed by atoms with Crippen LogP contribution >= 0.6 is 11.5 Å². The van der Waals surface area contributed by atoms with Crippen molar-refractivity contribution >= 4 is 22.7 Å². The van der Waals surface area contributed by atoms with Crippen LogP contribution in [0.4, 0.5) is 9.93 Å². The fourth-order valence-electron chi connectivity index (χ4n) is 3.28. The van der Waals surface area contributed by atoms with Crippen LogP contribution in [0.25, 0.3) is 11.4 Å². The van der Waals surface area contributed by atoms with Crippen molar-refractivity contribution in [3.8, 4) is 11.4 Å². The maximum absolute atomic E-state index is 12.8. The largest absolute Gasteiger partial charge is 0.348 e. The van der Waals surface area contributed by atoms with Crippen LogP contribution < -0.4 is 5.32 Å². The highest BCUT2D eigenvalue weighted by Crippen LogP contribution is 2.29. The summed E-state index contributed by atoms with van der Waals surface area (Å²) in [5.74, 6) is 0.639. The van der Waals surface area contributed by atoms with Gasteiger partial charge in [0.2, 0.25) is 5.13 Å². The van der Waals surface area contributed by atoms with Gasteiger partial charge in [-0.15, -0.1) is 0 Å². The molecule has 128 valence electrons.